The van der Waals surface area contributed by atoms with E-state index in [4.69, 9.17) is 18.9 Å². The number of hydrogen-bond donors (Lipinski definition) is 1. The molecule has 0 saturated carbocycles. The number of esters is 1. The molecule has 1 aromatic heterocycles. The van der Waals surface area contributed by atoms with Gasteiger partial charge in [0.05, 0.1) is 30.5 Å². The number of benzene rings is 3. The number of aromatic nitrogens is 1. The van der Waals surface area contributed by atoms with E-state index in [0.717, 1.165) is 22.5 Å². The van der Waals surface area contributed by atoms with Crippen molar-refractivity contribution in [1.82, 2.24) is 4.98 Å². The third-order valence-electron chi connectivity index (χ3n) is 7.89. The van der Waals surface area contributed by atoms with Gasteiger partial charge in [-0.15, -0.1) is 0 Å². The predicted molar refractivity (Wildman–Crippen MR) is 176 cm³/mol. The third-order valence-corrected chi connectivity index (χ3v) is 9.02. The van der Waals surface area contributed by atoms with Crippen molar-refractivity contribution >= 4 is 39.9 Å². The number of ether oxygens (including phenoxy) is 4. The van der Waals surface area contributed by atoms with Gasteiger partial charge in [0, 0.05) is 12.0 Å². The van der Waals surface area contributed by atoms with Crippen molar-refractivity contribution in [2.24, 2.45) is 0 Å². The zero-order valence-corrected chi connectivity index (χ0v) is 27.3. The number of ketones is 1. The molecule has 6 rings (SSSR count). The largest absolute Gasteiger partial charge is 0.507 e. The van der Waals surface area contributed by atoms with E-state index in [9.17, 15) is 19.5 Å². The van der Waals surface area contributed by atoms with Crippen LogP contribution in [0.1, 0.15) is 64.4 Å². The third kappa shape index (κ3) is 6.18. The maximum absolute atomic E-state index is 13.8. The molecular weight excluding hydrogens is 620 g/mol. The lowest BCUT2D eigenvalue weighted by Crippen LogP contribution is -2.29. The highest BCUT2D eigenvalue weighted by Gasteiger charge is 2.49. The fourth-order valence-corrected chi connectivity index (χ4v) is 6.75. The Morgan fingerprint density at radius 1 is 1.02 bits per heavy atom. The van der Waals surface area contributed by atoms with Gasteiger partial charge in [0.15, 0.2) is 16.6 Å². The minimum Gasteiger partial charge on any atom is -0.507 e. The van der Waals surface area contributed by atoms with E-state index in [-0.39, 0.29) is 34.1 Å². The average molecular weight is 655 g/mol. The van der Waals surface area contributed by atoms with Crippen molar-refractivity contribution in [2.75, 3.05) is 18.1 Å². The maximum Gasteiger partial charge on any atom is 0.350 e. The van der Waals surface area contributed by atoms with Crippen molar-refractivity contribution in [3.63, 3.8) is 0 Å². The maximum atomic E-state index is 13.8. The van der Waals surface area contributed by atoms with Gasteiger partial charge in [-0.05, 0) is 74.7 Å². The van der Waals surface area contributed by atoms with E-state index in [2.05, 4.69) is 4.98 Å². The SMILES string of the molecule is CCOC(=O)c1sc(N2C(=O)C(=O)/C(=C(\O)c3ccc4c(c3)CC(C)O4)C2c2ccc(OCc3ccccc3)c(OCC)c2)nc1C. The number of fused-ring (bicyclic) bond motifs is 1. The van der Waals surface area contributed by atoms with E-state index in [1.54, 1.807) is 50.2 Å². The Bertz CT molecular complexity index is 1880. The molecule has 0 radical (unpaired) electrons. The fraction of sp³-hybridized carbons (Fsp3) is 0.278. The Hall–Kier alpha value is -5.16. The summed E-state index contributed by atoms with van der Waals surface area (Å²) >= 11 is 0.949. The molecule has 1 N–H and O–H groups in total. The summed E-state index contributed by atoms with van der Waals surface area (Å²) in [5, 5.41) is 11.9. The number of carbonyl (C=O) groups is 3. The van der Waals surface area contributed by atoms with E-state index in [1.807, 2.05) is 44.2 Å². The van der Waals surface area contributed by atoms with Gasteiger partial charge in [0.2, 0.25) is 0 Å². The highest BCUT2D eigenvalue weighted by Crippen LogP contribution is 2.46. The van der Waals surface area contributed by atoms with Crippen LogP contribution in [0.5, 0.6) is 17.2 Å². The van der Waals surface area contributed by atoms with Gasteiger partial charge in [0.25, 0.3) is 5.78 Å². The molecule has 2 aliphatic heterocycles. The molecule has 0 bridgehead atoms. The van der Waals surface area contributed by atoms with Crippen LogP contribution in [0.15, 0.2) is 72.3 Å². The van der Waals surface area contributed by atoms with Gasteiger partial charge in [-0.1, -0.05) is 47.7 Å². The monoisotopic (exact) mass is 654 g/mol. The first-order valence-electron chi connectivity index (χ1n) is 15.4. The molecule has 3 aromatic carbocycles. The molecule has 2 unspecified atom stereocenters. The number of anilines is 1. The topological polar surface area (TPSA) is 124 Å². The number of carbonyl (C=O) groups excluding carboxylic acids is 3. The Morgan fingerprint density at radius 3 is 2.55 bits per heavy atom. The lowest BCUT2D eigenvalue weighted by Gasteiger charge is -2.24. The molecule has 11 heteroatoms. The molecule has 0 spiro atoms. The van der Waals surface area contributed by atoms with E-state index in [0.29, 0.717) is 53.7 Å². The van der Waals surface area contributed by atoms with Crippen molar-refractivity contribution in [3.8, 4) is 17.2 Å². The second kappa shape index (κ2) is 13.3. The normalized spacial score (nSPS) is 18.2. The summed E-state index contributed by atoms with van der Waals surface area (Å²) in [6, 6.07) is 18.9. The fourth-order valence-electron chi connectivity index (χ4n) is 5.76. The zero-order chi connectivity index (χ0) is 33.2. The zero-order valence-electron chi connectivity index (χ0n) is 26.4. The van der Waals surface area contributed by atoms with Crippen LogP contribution in [-0.4, -0.2) is 47.1 Å². The molecule has 3 heterocycles. The highest BCUT2D eigenvalue weighted by atomic mass is 32.1. The molecule has 2 aliphatic rings. The van der Waals surface area contributed by atoms with Crippen LogP contribution >= 0.6 is 11.3 Å². The Kier molecular flexibility index (Phi) is 8.99. The Morgan fingerprint density at radius 2 is 1.81 bits per heavy atom. The van der Waals surface area contributed by atoms with Gasteiger partial charge >= 0.3 is 11.9 Å². The molecule has 242 valence electrons. The second-order valence-corrected chi connectivity index (χ2v) is 12.1. The molecule has 47 heavy (non-hydrogen) atoms. The number of aryl methyl sites for hydroxylation is 1. The number of thiazole rings is 1. The van der Waals surface area contributed by atoms with E-state index in [1.165, 1.54) is 4.90 Å². The summed E-state index contributed by atoms with van der Waals surface area (Å²) in [7, 11) is 0. The molecule has 10 nitrogen and oxygen atoms in total. The first kappa shape index (κ1) is 31.8. The Balaban J connectivity index is 1.47. The molecule has 0 aliphatic carbocycles. The molecule has 1 saturated heterocycles. The van der Waals surface area contributed by atoms with Crippen molar-refractivity contribution in [3.05, 3.63) is 105 Å². The molecule has 1 amide bonds. The minimum absolute atomic E-state index is 0.0191. The summed E-state index contributed by atoms with van der Waals surface area (Å²) < 4.78 is 23.1. The summed E-state index contributed by atoms with van der Waals surface area (Å²) in [6.45, 7) is 7.92. The van der Waals surface area contributed by atoms with Crippen LogP contribution in [0, 0.1) is 6.92 Å². The van der Waals surface area contributed by atoms with Crippen LogP contribution in [-0.2, 0) is 27.4 Å². The number of rotatable bonds is 10. The first-order chi connectivity index (χ1) is 22.7. The highest BCUT2D eigenvalue weighted by molar-refractivity contribution is 7.17. The molecule has 4 aromatic rings. The number of aliphatic hydroxyl groups excluding tert-OH is 1. The summed E-state index contributed by atoms with van der Waals surface area (Å²) in [5.41, 5.74) is 2.95. The first-order valence-corrected chi connectivity index (χ1v) is 16.2. The van der Waals surface area contributed by atoms with Gasteiger partial charge in [0.1, 0.15) is 29.1 Å². The lowest BCUT2D eigenvalue weighted by molar-refractivity contribution is -0.132. The molecular formula is C36H34N2O8S. The van der Waals surface area contributed by atoms with Crippen LogP contribution in [0.4, 0.5) is 5.13 Å². The van der Waals surface area contributed by atoms with Crippen LogP contribution in [0.3, 0.4) is 0 Å². The van der Waals surface area contributed by atoms with E-state index >= 15 is 0 Å². The van der Waals surface area contributed by atoms with Gasteiger partial charge in [-0.3, -0.25) is 14.5 Å². The second-order valence-electron chi connectivity index (χ2n) is 11.2. The average Bonchev–Trinajstić information content (AvgIpc) is 3.72. The number of aliphatic hydroxyl groups is 1. The van der Waals surface area contributed by atoms with Gasteiger partial charge in [-0.25, -0.2) is 9.78 Å². The molecule has 1 fully saturated rings. The van der Waals surface area contributed by atoms with E-state index < -0.39 is 23.7 Å². The van der Waals surface area contributed by atoms with Gasteiger partial charge in [-0.2, -0.15) is 0 Å². The smallest absolute Gasteiger partial charge is 0.350 e. The van der Waals surface area contributed by atoms with Crippen LogP contribution in [0.25, 0.3) is 5.76 Å². The van der Waals surface area contributed by atoms with Crippen molar-refractivity contribution in [1.29, 1.82) is 0 Å². The Labute approximate surface area is 276 Å². The summed E-state index contributed by atoms with van der Waals surface area (Å²) in [4.78, 5) is 46.3. The van der Waals surface area contributed by atoms with Crippen molar-refractivity contribution < 1.29 is 38.4 Å². The standard InChI is InChI=1S/C36H34N2O8S/c1-5-43-28-18-23(12-15-27(28)45-19-22-10-8-7-9-11-22)30-29(31(39)24-13-14-26-25(17-24)16-20(3)46-26)32(40)34(41)38(30)36-37-21(4)33(47-36)35(42)44-6-2/h7-15,17-18,20,30,39H,5-6,16,19H2,1-4H3/b31-29-. The number of nitrogens with zero attached hydrogens (tertiary/aromatic N) is 2. The quantitative estimate of drug-likeness (QED) is 0.0877. The summed E-state index contributed by atoms with van der Waals surface area (Å²) in [5.74, 6) is -1.10. The van der Waals surface area contributed by atoms with Crippen LogP contribution in [0.2, 0.25) is 0 Å². The molecule has 2 atom stereocenters. The minimum atomic E-state index is -1.10. The van der Waals surface area contributed by atoms with Crippen molar-refractivity contribution in [2.45, 2.75) is 52.9 Å². The van der Waals surface area contributed by atoms with Gasteiger partial charge < -0.3 is 24.1 Å². The predicted octanol–water partition coefficient (Wildman–Crippen LogP) is 6.56. The summed E-state index contributed by atoms with van der Waals surface area (Å²) in [6.07, 6.45) is 0.625. The lowest BCUT2D eigenvalue weighted by atomic mass is 9.94. The number of Topliss-reactive ketones (excluding diaryl/α,β-unsaturated/α-hetero) is 1. The number of hydrogen-bond acceptors (Lipinski definition) is 10. The number of amides is 1. The van der Waals surface area contributed by atoms with Crippen LogP contribution < -0.4 is 19.1 Å².